The molecule has 0 heterocycles. The first-order valence-corrected chi connectivity index (χ1v) is 8.78. The molecule has 4 nitrogen and oxygen atoms in total. The number of nitrogens with one attached hydrogen (secondary N) is 2. The quantitative estimate of drug-likeness (QED) is 0.766. The molecule has 24 heavy (non-hydrogen) atoms. The van der Waals surface area contributed by atoms with Crippen molar-refractivity contribution < 1.29 is 4.79 Å². The van der Waals surface area contributed by atoms with Gasteiger partial charge >= 0.3 is 0 Å². The normalized spacial score (nSPS) is 15.0. The highest BCUT2D eigenvalue weighted by atomic mass is 16.2. The number of hydrogen-bond acceptors (Lipinski definition) is 3. The van der Waals surface area contributed by atoms with Gasteiger partial charge in [0.15, 0.2) is 0 Å². The lowest BCUT2D eigenvalue weighted by Gasteiger charge is -2.28. The van der Waals surface area contributed by atoms with Crippen LogP contribution in [0.25, 0.3) is 0 Å². The number of amides is 1. The Kier molecular flexibility index (Phi) is 7.44. The predicted molar refractivity (Wildman–Crippen MR) is 98.4 cm³/mol. The molecule has 0 unspecified atom stereocenters. The van der Waals surface area contributed by atoms with Gasteiger partial charge in [0.25, 0.3) is 0 Å². The molecule has 132 valence electrons. The summed E-state index contributed by atoms with van der Waals surface area (Å²) in [6.45, 7) is 12.2. The van der Waals surface area contributed by atoms with Crippen LogP contribution in [-0.4, -0.2) is 18.0 Å². The molecule has 1 aromatic rings. The highest BCUT2D eigenvalue weighted by Gasteiger charge is 2.30. The molecule has 0 saturated heterocycles. The molecule has 2 atom stereocenters. The molecule has 2 N–H and O–H groups in total. The molecule has 1 amide bonds. The van der Waals surface area contributed by atoms with Crippen molar-refractivity contribution in [2.24, 2.45) is 11.8 Å². The molecule has 0 saturated carbocycles. The summed E-state index contributed by atoms with van der Waals surface area (Å²) < 4.78 is 0. The van der Waals surface area contributed by atoms with Gasteiger partial charge in [-0.1, -0.05) is 58.9 Å². The van der Waals surface area contributed by atoms with Gasteiger partial charge in [-0.05, 0) is 36.3 Å². The van der Waals surface area contributed by atoms with Crippen LogP contribution < -0.4 is 10.6 Å². The summed E-state index contributed by atoms with van der Waals surface area (Å²) in [6.07, 6.45) is 1.02. The Balaban J connectivity index is 2.73. The van der Waals surface area contributed by atoms with Gasteiger partial charge in [0.1, 0.15) is 5.54 Å². The molecular weight excluding hydrogens is 298 g/mol. The second kappa shape index (κ2) is 8.84. The van der Waals surface area contributed by atoms with Crippen LogP contribution in [0.4, 0.5) is 0 Å². The lowest BCUT2D eigenvalue weighted by molar-refractivity contribution is -0.122. The lowest BCUT2D eigenvalue weighted by Crippen LogP contribution is -2.51. The molecule has 0 aliphatic heterocycles. The van der Waals surface area contributed by atoms with Crippen molar-refractivity contribution in [3.8, 4) is 6.07 Å². The van der Waals surface area contributed by atoms with Gasteiger partial charge in [0, 0.05) is 6.04 Å². The van der Waals surface area contributed by atoms with Crippen molar-refractivity contribution in [1.82, 2.24) is 10.6 Å². The van der Waals surface area contributed by atoms with Gasteiger partial charge in [-0.2, -0.15) is 5.26 Å². The van der Waals surface area contributed by atoms with E-state index in [4.69, 9.17) is 0 Å². The van der Waals surface area contributed by atoms with E-state index in [1.54, 1.807) is 6.92 Å². The fourth-order valence-electron chi connectivity index (χ4n) is 2.54. The third-order valence-electron chi connectivity index (χ3n) is 4.68. The Morgan fingerprint density at radius 1 is 1.21 bits per heavy atom. The number of nitrogens with zero attached hydrogens (tertiary/aromatic N) is 1. The van der Waals surface area contributed by atoms with E-state index >= 15 is 0 Å². The second-order valence-electron chi connectivity index (χ2n) is 7.21. The molecule has 0 radical (unpaired) electrons. The zero-order valence-corrected chi connectivity index (χ0v) is 15.8. The van der Waals surface area contributed by atoms with Gasteiger partial charge in [0.2, 0.25) is 5.91 Å². The van der Waals surface area contributed by atoms with Crippen LogP contribution in [0, 0.1) is 23.2 Å². The van der Waals surface area contributed by atoms with E-state index in [-0.39, 0.29) is 24.4 Å². The molecule has 1 aromatic carbocycles. The SMILES string of the molecule is CCc1ccc([C@@H](NCC(=O)N[C@@](C)(C#N)C(C)C)C(C)C)cc1. The maximum absolute atomic E-state index is 12.3. The maximum atomic E-state index is 12.3. The molecule has 1 rings (SSSR count). The fourth-order valence-corrected chi connectivity index (χ4v) is 2.54. The maximum Gasteiger partial charge on any atom is 0.235 e. The Morgan fingerprint density at radius 2 is 1.79 bits per heavy atom. The Labute approximate surface area is 146 Å². The van der Waals surface area contributed by atoms with Crippen molar-refractivity contribution in [3.63, 3.8) is 0 Å². The van der Waals surface area contributed by atoms with Crippen LogP contribution >= 0.6 is 0 Å². The molecule has 0 aliphatic carbocycles. The summed E-state index contributed by atoms with van der Waals surface area (Å²) in [5, 5.41) is 15.5. The van der Waals surface area contributed by atoms with E-state index in [1.807, 2.05) is 13.8 Å². The number of carbonyl (C=O) groups is 1. The van der Waals surface area contributed by atoms with Gasteiger partial charge in [-0.15, -0.1) is 0 Å². The summed E-state index contributed by atoms with van der Waals surface area (Å²) in [6, 6.07) is 10.8. The topological polar surface area (TPSA) is 64.9 Å². The summed E-state index contributed by atoms with van der Waals surface area (Å²) in [5.41, 5.74) is 1.65. The molecule has 4 heteroatoms. The smallest absolute Gasteiger partial charge is 0.235 e. The predicted octanol–water partition coefficient (Wildman–Crippen LogP) is 3.59. The highest BCUT2D eigenvalue weighted by molar-refractivity contribution is 5.79. The fraction of sp³-hybridized carbons (Fsp3) is 0.600. The van der Waals surface area contributed by atoms with Crippen LogP contribution in [0.2, 0.25) is 0 Å². The third kappa shape index (κ3) is 5.35. The molecule has 0 aliphatic rings. The van der Waals surface area contributed by atoms with Crippen LogP contribution in [0.15, 0.2) is 24.3 Å². The Bertz CT molecular complexity index is 572. The molecule has 0 spiro atoms. The summed E-state index contributed by atoms with van der Waals surface area (Å²) in [7, 11) is 0. The number of nitriles is 1. The molecule has 0 fully saturated rings. The van der Waals surface area contributed by atoms with Gasteiger partial charge < -0.3 is 10.6 Å². The summed E-state index contributed by atoms with van der Waals surface area (Å²) >= 11 is 0. The van der Waals surface area contributed by atoms with Crippen LogP contribution in [0.1, 0.15) is 58.7 Å². The number of benzene rings is 1. The van der Waals surface area contributed by atoms with Gasteiger partial charge in [-0.25, -0.2) is 0 Å². The average Bonchev–Trinajstić information content (AvgIpc) is 2.54. The summed E-state index contributed by atoms with van der Waals surface area (Å²) in [5.74, 6) is 0.259. The van der Waals surface area contributed by atoms with Crippen molar-refractivity contribution in [2.45, 2.75) is 59.5 Å². The average molecular weight is 329 g/mol. The first-order valence-electron chi connectivity index (χ1n) is 8.78. The first kappa shape index (κ1) is 20.2. The van der Waals surface area contributed by atoms with Gasteiger partial charge in [-0.3, -0.25) is 4.79 Å². The van der Waals surface area contributed by atoms with E-state index in [0.29, 0.717) is 5.92 Å². The van der Waals surface area contributed by atoms with E-state index in [2.05, 4.69) is 61.7 Å². The van der Waals surface area contributed by atoms with Crippen molar-refractivity contribution >= 4 is 5.91 Å². The van der Waals surface area contributed by atoms with Crippen LogP contribution in [-0.2, 0) is 11.2 Å². The Hall–Kier alpha value is -1.86. The van der Waals surface area contributed by atoms with Crippen LogP contribution in [0.5, 0.6) is 0 Å². The lowest BCUT2D eigenvalue weighted by atomic mass is 9.90. The molecule has 0 bridgehead atoms. The molecule has 0 aromatic heterocycles. The minimum atomic E-state index is -0.838. The van der Waals surface area contributed by atoms with Crippen molar-refractivity contribution in [2.75, 3.05) is 6.54 Å². The van der Waals surface area contributed by atoms with Crippen molar-refractivity contribution in [3.05, 3.63) is 35.4 Å². The zero-order valence-electron chi connectivity index (χ0n) is 15.8. The number of hydrogen-bond donors (Lipinski definition) is 2. The number of aryl methyl sites for hydroxylation is 1. The van der Waals surface area contributed by atoms with Crippen LogP contribution in [0.3, 0.4) is 0 Å². The minimum Gasteiger partial charge on any atom is -0.337 e. The monoisotopic (exact) mass is 329 g/mol. The van der Waals surface area contributed by atoms with E-state index < -0.39 is 5.54 Å². The number of carbonyl (C=O) groups excluding carboxylic acids is 1. The summed E-state index contributed by atoms with van der Waals surface area (Å²) in [4.78, 5) is 12.3. The van der Waals surface area contributed by atoms with E-state index in [0.717, 1.165) is 6.42 Å². The third-order valence-corrected chi connectivity index (χ3v) is 4.68. The van der Waals surface area contributed by atoms with E-state index in [1.165, 1.54) is 11.1 Å². The minimum absolute atomic E-state index is 0.0499. The molecular formula is C20H31N3O. The standard InChI is InChI=1S/C20H31N3O/c1-7-16-8-10-17(11-9-16)19(14(2)3)22-12-18(24)23-20(6,13-21)15(4)5/h8-11,14-15,19,22H,7,12H2,1-6H3,(H,23,24)/t19-,20-/m0/s1. The Morgan fingerprint density at radius 3 is 2.21 bits per heavy atom. The van der Waals surface area contributed by atoms with E-state index in [9.17, 15) is 10.1 Å². The first-order chi connectivity index (χ1) is 11.2. The van der Waals surface area contributed by atoms with Gasteiger partial charge in [0.05, 0.1) is 12.6 Å². The largest absolute Gasteiger partial charge is 0.337 e. The van der Waals surface area contributed by atoms with Crippen molar-refractivity contribution in [1.29, 1.82) is 5.26 Å². The highest BCUT2D eigenvalue weighted by Crippen LogP contribution is 2.22. The zero-order chi connectivity index (χ0) is 18.3. The second-order valence-corrected chi connectivity index (χ2v) is 7.21. The number of rotatable bonds is 8.